The zero-order chi connectivity index (χ0) is 22.7. The summed E-state index contributed by atoms with van der Waals surface area (Å²) in [6.45, 7) is 1.87. The van der Waals surface area contributed by atoms with Crippen LogP contribution in [-0.4, -0.2) is 25.0 Å². The molecule has 2 N–H and O–H groups in total. The highest BCUT2D eigenvalue weighted by Gasteiger charge is 2.73. The normalized spacial score (nSPS) is 23.4. The van der Waals surface area contributed by atoms with Crippen LogP contribution in [0.25, 0.3) is 11.1 Å². The van der Waals surface area contributed by atoms with Gasteiger partial charge in [0.15, 0.2) is 0 Å². The number of benzene rings is 3. The molecule has 0 aromatic heterocycles. The summed E-state index contributed by atoms with van der Waals surface area (Å²) in [4.78, 5) is 12.4. The number of carboxylic acids is 1. The summed E-state index contributed by atoms with van der Waals surface area (Å²) in [6, 6.07) is 18.5. The molecule has 2 aliphatic rings. The molecule has 3 aromatic carbocycles. The van der Waals surface area contributed by atoms with Crippen LogP contribution in [0.5, 0.6) is 0 Å². The molecule has 164 valence electrons. The smallest absolute Gasteiger partial charge is 0.325 e. The van der Waals surface area contributed by atoms with E-state index in [1.807, 2.05) is 37.3 Å². The summed E-state index contributed by atoms with van der Waals surface area (Å²) in [7, 11) is -4.11. The maximum absolute atomic E-state index is 13.6. The van der Waals surface area contributed by atoms with E-state index in [1.165, 1.54) is 18.2 Å². The molecule has 1 fully saturated rings. The van der Waals surface area contributed by atoms with Crippen LogP contribution in [0.4, 0.5) is 4.39 Å². The van der Waals surface area contributed by atoms with Gasteiger partial charge < -0.3 is 5.11 Å². The predicted octanol–water partition coefficient (Wildman–Crippen LogP) is 4.25. The van der Waals surface area contributed by atoms with E-state index >= 15 is 0 Å². The molecule has 0 heterocycles. The lowest BCUT2D eigenvalue weighted by atomic mass is 9.88. The van der Waals surface area contributed by atoms with Crippen molar-refractivity contribution < 1.29 is 22.7 Å². The summed E-state index contributed by atoms with van der Waals surface area (Å²) < 4.78 is 42.8. The molecule has 2 atom stereocenters. The topological polar surface area (TPSA) is 83.5 Å². The average molecular weight is 452 g/mol. The van der Waals surface area contributed by atoms with Crippen molar-refractivity contribution >= 4 is 16.0 Å². The van der Waals surface area contributed by atoms with Crippen molar-refractivity contribution in [2.24, 2.45) is 0 Å². The van der Waals surface area contributed by atoms with Gasteiger partial charge in [-0.2, -0.15) is 4.72 Å². The molecule has 0 unspecified atom stereocenters. The maximum atomic E-state index is 13.6. The van der Waals surface area contributed by atoms with Gasteiger partial charge in [0.1, 0.15) is 11.4 Å². The van der Waals surface area contributed by atoms with Crippen LogP contribution >= 0.6 is 0 Å². The van der Waals surface area contributed by atoms with Gasteiger partial charge in [-0.1, -0.05) is 49.4 Å². The van der Waals surface area contributed by atoms with Crippen LogP contribution in [0.15, 0.2) is 71.6 Å². The highest BCUT2D eigenvalue weighted by atomic mass is 32.2. The standard InChI is InChI=1S/C25H22FNO4S/c1-2-24(18-6-4-3-5-7-18)15-25(24,23(28)29)27-32(30,31)20-9-11-22-17(14-20)12-16-13-19(26)8-10-21(16)22/h3-11,13-14,27H,2,12,15H2,1H3,(H,28,29)/t24-,25-/m0/s1. The van der Waals surface area contributed by atoms with Crippen molar-refractivity contribution in [3.05, 3.63) is 89.2 Å². The fraction of sp³-hybridized carbons (Fsp3) is 0.240. The van der Waals surface area contributed by atoms with E-state index in [4.69, 9.17) is 0 Å². The van der Waals surface area contributed by atoms with Crippen LogP contribution < -0.4 is 4.72 Å². The number of sulfonamides is 1. The van der Waals surface area contributed by atoms with Crippen molar-refractivity contribution in [1.82, 2.24) is 4.72 Å². The van der Waals surface area contributed by atoms with Crippen molar-refractivity contribution in [1.29, 1.82) is 0 Å². The van der Waals surface area contributed by atoms with Gasteiger partial charge in [0.05, 0.1) is 4.90 Å². The van der Waals surface area contributed by atoms with Gasteiger partial charge in [0, 0.05) is 5.41 Å². The molecule has 5 rings (SSSR count). The van der Waals surface area contributed by atoms with Gasteiger partial charge in [-0.3, -0.25) is 4.79 Å². The number of carboxylic acid groups (broad SMARTS) is 1. The second kappa shape index (κ2) is 6.98. The summed E-state index contributed by atoms with van der Waals surface area (Å²) >= 11 is 0. The fourth-order valence-electron chi connectivity index (χ4n) is 5.21. The monoisotopic (exact) mass is 451 g/mol. The van der Waals surface area contributed by atoms with E-state index in [0.717, 1.165) is 27.8 Å². The van der Waals surface area contributed by atoms with Gasteiger partial charge in [-0.15, -0.1) is 0 Å². The van der Waals surface area contributed by atoms with Crippen LogP contribution in [0, 0.1) is 5.82 Å². The predicted molar refractivity (Wildman–Crippen MR) is 118 cm³/mol. The highest BCUT2D eigenvalue weighted by molar-refractivity contribution is 7.89. The largest absolute Gasteiger partial charge is 0.480 e. The Morgan fingerprint density at radius 1 is 1.03 bits per heavy atom. The molecular formula is C25H22FNO4S. The molecule has 2 aliphatic carbocycles. The SMILES string of the molecule is CC[C@@]1(c2ccccc2)C[C@]1(NS(=O)(=O)c1ccc2c(c1)Cc1cc(F)ccc1-2)C(=O)O. The van der Waals surface area contributed by atoms with Crippen molar-refractivity contribution in [2.45, 2.75) is 42.0 Å². The van der Waals surface area contributed by atoms with Gasteiger partial charge in [-0.05, 0) is 71.3 Å². The van der Waals surface area contributed by atoms with Crippen LogP contribution in [0.2, 0.25) is 0 Å². The van der Waals surface area contributed by atoms with E-state index in [2.05, 4.69) is 4.72 Å². The number of carbonyl (C=O) groups is 1. The number of rotatable bonds is 6. The van der Waals surface area contributed by atoms with E-state index in [9.17, 15) is 22.7 Å². The first-order valence-corrected chi connectivity index (χ1v) is 12.0. The number of aliphatic carboxylic acids is 1. The molecule has 3 aromatic rings. The first-order chi connectivity index (χ1) is 15.2. The minimum Gasteiger partial charge on any atom is -0.480 e. The molecule has 1 saturated carbocycles. The summed E-state index contributed by atoms with van der Waals surface area (Å²) in [6.07, 6.45) is 1.10. The molecule has 0 amide bonds. The lowest BCUT2D eigenvalue weighted by Crippen LogP contribution is -2.48. The van der Waals surface area contributed by atoms with E-state index in [-0.39, 0.29) is 17.1 Å². The number of hydrogen-bond donors (Lipinski definition) is 2. The highest BCUT2D eigenvalue weighted by Crippen LogP contribution is 2.60. The molecule has 0 bridgehead atoms. The van der Waals surface area contributed by atoms with Gasteiger partial charge in [0.25, 0.3) is 0 Å². The Morgan fingerprint density at radius 3 is 2.34 bits per heavy atom. The number of fused-ring (bicyclic) bond motifs is 3. The summed E-state index contributed by atoms with van der Waals surface area (Å²) in [5.74, 6) is -1.52. The van der Waals surface area contributed by atoms with Crippen molar-refractivity contribution in [3.63, 3.8) is 0 Å². The van der Waals surface area contributed by atoms with E-state index < -0.39 is 26.9 Å². The zero-order valence-electron chi connectivity index (χ0n) is 17.4. The van der Waals surface area contributed by atoms with Crippen molar-refractivity contribution in [3.8, 4) is 11.1 Å². The lowest BCUT2D eigenvalue weighted by molar-refractivity contribution is -0.140. The van der Waals surface area contributed by atoms with E-state index in [0.29, 0.717) is 12.8 Å². The molecule has 5 nitrogen and oxygen atoms in total. The molecule has 0 aliphatic heterocycles. The summed E-state index contributed by atoms with van der Waals surface area (Å²) in [5.41, 5.74) is 1.73. The quantitative estimate of drug-likeness (QED) is 0.459. The maximum Gasteiger partial charge on any atom is 0.325 e. The molecule has 32 heavy (non-hydrogen) atoms. The molecule has 0 saturated heterocycles. The second-order valence-corrected chi connectivity index (χ2v) is 10.3. The third-order valence-corrected chi connectivity index (χ3v) is 8.48. The van der Waals surface area contributed by atoms with Crippen molar-refractivity contribution in [2.75, 3.05) is 0 Å². The fourth-order valence-corrected chi connectivity index (χ4v) is 6.69. The minimum atomic E-state index is -4.11. The van der Waals surface area contributed by atoms with Crippen LogP contribution in [0.1, 0.15) is 36.5 Å². The van der Waals surface area contributed by atoms with Gasteiger partial charge in [0.2, 0.25) is 10.0 Å². The third-order valence-electron chi connectivity index (χ3n) is 6.99. The number of halogens is 1. The van der Waals surface area contributed by atoms with Crippen LogP contribution in [-0.2, 0) is 26.7 Å². The zero-order valence-corrected chi connectivity index (χ0v) is 18.2. The number of hydrogen-bond acceptors (Lipinski definition) is 3. The first-order valence-electron chi connectivity index (χ1n) is 10.5. The minimum absolute atomic E-state index is 0.00937. The molecule has 0 spiro atoms. The Hall–Kier alpha value is -3.03. The Balaban J connectivity index is 1.50. The Kier molecular flexibility index (Phi) is 4.55. The Labute approximate surface area is 186 Å². The third kappa shape index (κ3) is 2.92. The molecular weight excluding hydrogens is 429 g/mol. The molecule has 0 radical (unpaired) electrons. The number of nitrogens with one attached hydrogen (secondary N) is 1. The van der Waals surface area contributed by atoms with Crippen LogP contribution in [0.3, 0.4) is 0 Å². The summed E-state index contributed by atoms with van der Waals surface area (Å²) in [5, 5.41) is 10.1. The second-order valence-electron chi connectivity index (χ2n) is 8.59. The van der Waals surface area contributed by atoms with Gasteiger partial charge >= 0.3 is 5.97 Å². The average Bonchev–Trinajstić information content (AvgIpc) is 3.30. The van der Waals surface area contributed by atoms with E-state index in [1.54, 1.807) is 18.2 Å². The first kappa shape index (κ1) is 20.8. The molecule has 7 heteroatoms. The Morgan fingerprint density at radius 2 is 1.69 bits per heavy atom. The lowest BCUT2D eigenvalue weighted by Gasteiger charge is -2.23. The Bertz CT molecular complexity index is 1360. The van der Waals surface area contributed by atoms with Gasteiger partial charge in [-0.25, -0.2) is 12.8 Å².